The van der Waals surface area contributed by atoms with Gasteiger partial charge in [-0.05, 0) is 35.6 Å². The van der Waals surface area contributed by atoms with Crippen LogP contribution in [0, 0.1) is 11.2 Å². The van der Waals surface area contributed by atoms with E-state index in [0.29, 0.717) is 12.0 Å². The third-order valence-corrected chi connectivity index (χ3v) is 3.06. The maximum atomic E-state index is 13.0. The summed E-state index contributed by atoms with van der Waals surface area (Å²) in [6.07, 6.45) is 3.45. The Morgan fingerprint density at radius 1 is 1.45 bits per heavy atom. The van der Waals surface area contributed by atoms with Crippen molar-refractivity contribution in [2.24, 2.45) is 5.41 Å². The lowest BCUT2D eigenvalue weighted by atomic mass is 9.85. The molecule has 0 radical (unpaired) electrons. The number of amides is 1. The van der Waals surface area contributed by atoms with Crippen molar-refractivity contribution in [3.05, 3.63) is 41.7 Å². The highest BCUT2D eigenvalue weighted by molar-refractivity contribution is 5.91. The van der Waals surface area contributed by atoms with E-state index in [9.17, 15) is 9.18 Å². The third kappa shape index (κ3) is 5.53. The molecule has 0 fully saturated rings. The number of aliphatic hydroxyl groups excluding tert-OH is 1. The van der Waals surface area contributed by atoms with Gasteiger partial charge in [0.15, 0.2) is 0 Å². The molecule has 0 bridgehead atoms. The van der Waals surface area contributed by atoms with E-state index in [2.05, 4.69) is 5.32 Å². The van der Waals surface area contributed by atoms with Crippen LogP contribution in [0.2, 0.25) is 0 Å². The third-order valence-electron chi connectivity index (χ3n) is 3.06. The minimum absolute atomic E-state index is 0.0236. The number of hydrogen-bond acceptors (Lipinski definition) is 2. The van der Waals surface area contributed by atoms with E-state index >= 15 is 0 Å². The number of rotatable bonds is 5. The molecule has 4 heteroatoms. The highest BCUT2D eigenvalue weighted by atomic mass is 19.1. The van der Waals surface area contributed by atoms with Gasteiger partial charge in [-0.25, -0.2) is 4.39 Å². The number of nitrogens with one attached hydrogen (secondary N) is 1. The van der Waals surface area contributed by atoms with E-state index in [-0.39, 0.29) is 29.8 Å². The number of hydrogen-bond donors (Lipinski definition) is 2. The predicted molar refractivity (Wildman–Crippen MR) is 78.5 cm³/mol. The molecule has 0 aromatic heterocycles. The lowest BCUT2D eigenvalue weighted by molar-refractivity contribution is -0.118. The second-order valence-corrected chi connectivity index (χ2v) is 5.83. The van der Waals surface area contributed by atoms with Crippen molar-refractivity contribution in [2.45, 2.75) is 33.2 Å². The Morgan fingerprint density at radius 3 is 2.70 bits per heavy atom. The van der Waals surface area contributed by atoms with Crippen molar-refractivity contribution in [3.8, 4) is 0 Å². The minimum atomic E-state index is -0.333. The lowest BCUT2D eigenvalue weighted by Crippen LogP contribution is -2.43. The molecule has 3 nitrogen and oxygen atoms in total. The average molecular weight is 279 g/mol. The SMILES string of the molecule is CC(C)(C)C(CCO)NC(=O)/C=C/c1cccc(F)c1. The fourth-order valence-corrected chi connectivity index (χ4v) is 1.85. The lowest BCUT2D eigenvalue weighted by Gasteiger charge is -2.30. The number of benzene rings is 1. The van der Waals surface area contributed by atoms with Crippen LogP contribution in [0.4, 0.5) is 4.39 Å². The van der Waals surface area contributed by atoms with Crippen molar-refractivity contribution in [1.29, 1.82) is 0 Å². The Morgan fingerprint density at radius 2 is 2.15 bits per heavy atom. The Balaban J connectivity index is 2.66. The van der Waals surface area contributed by atoms with Gasteiger partial charge in [0.05, 0.1) is 0 Å². The van der Waals surface area contributed by atoms with Gasteiger partial charge in [0.1, 0.15) is 5.82 Å². The number of carbonyl (C=O) groups excluding carboxylic acids is 1. The Bertz CT molecular complexity index is 478. The van der Waals surface area contributed by atoms with Gasteiger partial charge in [-0.2, -0.15) is 0 Å². The molecule has 1 atom stereocenters. The maximum Gasteiger partial charge on any atom is 0.244 e. The molecule has 0 aliphatic rings. The van der Waals surface area contributed by atoms with Crippen LogP contribution >= 0.6 is 0 Å². The van der Waals surface area contributed by atoms with Crippen LogP contribution in [0.3, 0.4) is 0 Å². The zero-order valence-corrected chi connectivity index (χ0v) is 12.2. The molecule has 0 aliphatic carbocycles. The van der Waals surface area contributed by atoms with Crippen LogP contribution in [0.5, 0.6) is 0 Å². The second-order valence-electron chi connectivity index (χ2n) is 5.83. The standard InChI is InChI=1S/C16H22FNO2/c1-16(2,3)14(9-10-19)18-15(20)8-7-12-5-4-6-13(17)11-12/h4-8,11,14,19H,9-10H2,1-3H3,(H,18,20)/b8-7+. The van der Waals surface area contributed by atoms with Crippen LogP contribution in [-0.2, 0) is 4.79 Å². The monoisotopic (exact) mass is 279 g/mol. The molecule has 1 amide bonds. The van der Waals surface area contributed by atoms with Gasteiger partial charge in [-0.3, -0.25) is 4.79 Å². The first-order valence-corrected chi connectivity index (χ1v) is 6.68. The van der Waals surface area contributed by atoms with Crippen molar-refractivity contribution in [2.75, 3.05) is 6.61 Å². The van der Waals surface area contributed by atoms with Gasteiger partial charge in [0.2, 0.25) is 5.91 Å². The summed E-state index contributed by atoms with van der Waals surface area (Å²) in [6, 6.07) is 5.92. The van der Waals surface area contributed by atoms with Crippen molar-refractivity contribution >= 4 is 12.0 Å². The van der Waals surface area contributed by atoms with E-state index in [1.165, 1.54) is 18.2 Å². The normalized spacial score (nSPS) is 13.4. The molecular weight excluding hydrogens is 257 g/mol. The molecule has 2 N–H and O–H groups in total. The molecule has 1 aromatic rings. The summed E-state index contributed by atoms with van der Waals surface area (Å²) in [6.45, 7) is 6.04. The molecule has 0 saturated heterocycles. The Labute approximate surface area is 119 Å². The van der Waals surface area contributed by atoms with Crippen molar-refractivity contribution in [3.63, 3.8) is 0 Å². The predicted octanol–water partition coefficient (Wildman–Crippen LogP) is 2.75. The quantitative estimate of drug-likeness (QED) is 0.814. The van der Waals surface area contributed by atoms with Gasteiger partial charge in [-0.15, -0.1) is 0 Å². The van der Waals surface area contributed by atoms with Crippen LogP contribution in [0.1, 0.15) is 32.8 Å². The first-order chi connectivity index (χ1) is 9.32. The fourth-order valence-electron chi connectivity index (χ4n) is 1.85. The summed E-state index contributed by atoms with van der Waals surface area (Å²) < 4.78 is 13.0. The van der Waals surface area contributed by atoms with Crippen molar-refractivity contribution in [1.82, 2.24) is 5.32 Å². The van der Waals surface area contributed by atoms with E-state index in [4.69, 9.17) is 5.11 Å². The second kappa shape index (κ2) is 7.20. The summed E-state index contributed by atoms with van der Waals surface area (Å²) in [7, 11) is 0. The highest BCUT2D eigenvalue weighted by Gasteiger charge is 2.24. The molecule has 0 spiro atoms. The maximum absolute atomic E-state index is 13.0. The molecule has 0 aliphatic heterocycles. The van der Waals surface area contributed by atoms with E-state index in [0.717, 1.165) is 0 Å². The highest BCUT2D eigenvalue weighted by Crippen LogP contribution is 2.21. The smallest absolute Gasteiger partial charge is 0.244 e. The minimum Gasteiger partial charge on any atom is -0.396 e. The summed E-state index contributed by atoms with van der Waals surface area (Å²) in [5.74, 6) is -0.581. The van der Waals surface area contributed by atoms with Gasteiger partial charge in [-0.1, -0.05) is 32.9 Å². The van der Waals surface area contributed by atoms with Crippen LogP contribution in [-0.4, -0.2) is 23.7 Å². The van der Waals surface area contributed by atoms with Crippen LogP contribution in [0.15, 0.2) is 30.3 Å². The van der Waals surface area contributed by atoms with Gasteiger partial charge >= 0.3 is 0 Å². The molecule has 1 unspecified atom stereocenters. The Kier molecular flexibility index (Phi) is 5.89. The summed E-state index contributed by atoms with van der Waals surface area (Å²) in [5.41, 5.74) is 0.500. The number of halogens is 1. The van der Waals surface area contributed by atoms with Crippen LogP contribution < -0.4 is 5.32 Å². The molecule has 110 valence electrons. The van der Waals surface area contributed by atoms with E-state index < -0.39 is 0 Å². The van der Waals surface area contributed by atoms with E-state index in [1.807, 2.05) is 20.8 Å². The average Bonchev–Trinajstić information content (AvgIpc) is 2.35. The van der Waals surface area contributed by atoms with Gasteiger partial charge < -0.3 is 10.4 Å². The van der Waals surface area contributed by atoms with E-state index in [1.54, 1.807) is 18.2 Å². The number of carbonyl (C=O) groups is 1. The first kappa shape index (κ1) is 16.4. The Hall–Kier alpha value is -1.68. The first-order valence-electron chi connectivity index (χ1n) is 6.68. The van der Waals surface area contributed by atoms with Gasteiger partial charge in [0, 0.05) is 18.7 Å². The zero-order chi connectivity index (χ0) is 15.2. The summed E-state index contributed by atoms with van der Waals surface area (Å²) >= 11 is 0. The van der Waals surface area contributed by atoms with Crippen LogP contribution in [0.25, 0.3) is 6.08 Å². The number of aliphatic hydroxyl groups is 1. The van der Waals surface area contributed by atoms with Gasteiger partial charge in [0.25, 0.3) is 0 Å². The van der Waals surface area contributed by atoms with Crippen molar-refractivity contribution < 1.29 is 14.3 Å². The molecule has 20 heavy (non-hydrogen) atoms. The summed E-state index contributed by atoms with van der Waals surface area (Å²) in [4.78, 5) is 11.9. The zero-order valence-electron chi connectivity index (χ0n) is 12.2. The topological polar surface area (TPSA) is 49.3 Å². The largest absolute Gasteiger partial charge is 0.396 e. The molecule has 0 saturated carbocycles. The molecule has 0 heterocycles. The molecule has 1 rings (SSSR count). The molecular formula is C16H22FNO2. The summed E-state index contributed by atoms with van der Waals surface area (Å²) in [5, 5.41) is 11.9. The molecule has 1 aromatic carbocycles. The fraction of sp³-hybridized carbons (Fsp3) is 0.438.